The predicted octanol–water partition coefficient (Wildman–Crippen LogP) is 5.33. The molecule has 0 saturated carbocycles. The van der Waals surface area contributed by atoms with Gasteiger partial charge in [0.1, 0.15) is 5.82 Å². The van der Waals surface area contributed by atoms with Gasteiger partial charge in [0.05, 0.1) is 5.69 Å². The van der Waals surface area contributed by atoms with E-state index in [2.05, 4.69) is 56.3 Å². The number of halogens is 1. The van der Waals surface area contributed by atoms with Crippen molar-refractivity contribution in [2.24, 2.45) is 0 Å². The van der Waals surface area contributed by atoms with Crippen molar-refractivity contribution in [2.75, 3.05) is 5.32 Å². The molecule has 0 amide bonds. The minimum atomic E-state index is 0.837. The maximum absolute atomic E-state index is 4.62. The van der Waals surface area contributed by atoms with E-state index in [-0.39, 0.29) is 0 Å². The highest BCUT2D eigenvalue weighted by molar-refractivity contribution is 9.10. The summed E-state index contributed by atoms with van der Waals surface area (Å²) >= 11 is 5.02. The Labute approximate surface area is 136 Å². The Morgan fingerprint density at radius 1 is 1.05 bits per heavy atom. The predicted molar refractivity (Wildman–Crippen MR) is 92.2 cm³/mol. The molecule has 0 saturated heterocycles. The molecule has 0 bridgehead atoms. The Bertz CT molecular complexity index is 745. The Hall–Kier alpha value is -1.72. The maximum Gasteiger partial charge on any atom is 0.188 e. The number of hydrogen-bond acceptors (Lipinski definition) is 4. The fourth-order valence-corrected chi connectivity index (χ4v) is 3.09. The quantitative estimate of drug-likeness (QED) is 0.686. The van der Waals surface area contributed by atoms with Crippen molar-refractivity contribution >= 4 is 38.2 Å². The van der Waals surface area contributed by atoms with Crippen molar-refractivity contribution in [1.82, 2.24) is 9.97 Å². The average molecular weight is 360 g/mol. The van der Waals surface area contributed by atoms with Crippen LogP contribution in [0.5, 0.6) is 0 Å². The number of aryl methyl sites for hydroxylation is 2. The zero-order chi connectivity index (χ0) is 14.8. The summed E-state index contributed by atoms with van der Waals surface area (Å²) in [6.07, 6.45) is 0. The normalized spacial score (nSPS) is 10.6. The molecule has 0 aliphatic heterocycles. The molecule has 0 aliphatic carbocycles. The number of pyridine rings is 1. The molecule has 2 aromatic heterocycles. The van der Waals surface area contributed by atoms with E-state index in [9.17, 15) is 0 Å². The van der Waals surface area contributed by atoms with Gasteiger partial charge in [-0.05, 0) is 43.7 Å². The standard InChI is InChI=1S/C16H14BrN3S/c1-10-7-11(2)18-15(8-10)20-16-19-14(9-21-16)12-3-5-13(17)6-4-12/h3-9H,1-2H3,(H,18,19,20). The number of aromatic nitrogens is 2. The van der Waals surface area contributed by atoms with E-state index in [1.54, 1.807) is 11.3 Å². The molecule has 0 spiro atoms. The summed E-state index contributed by atoms with van der Waals surface area (Å²) in [5.74, 6) is 0.837. The molecule has 21 heavy (non-hydrogen) atoms. The highest BCUT2D eigenvalue weighted by atomic mass is 79.9. The number of nitrogens with zero attached hydrogens (tertiary/aromatic N) is 2. The second-order valence-electron chi connectivity index (χ2n) is 4.84. The second-order valence-corrected chi connectivity index (χ2v) is 6.61. The lowest BCUT2D eigenvalue weighted by Gasteiger charge is -2.04. The third kappa shape index (κ3) is 3.49. The first kappa shape index (κ1) is 14.2. The van der Waals surface area contributed by atoms with E-state index in [1.807, 2.05) is 30.5 Å². The van der Waals surface area contributed by atoms with E-state index in [0.29, 0.717) is 0 Å². The van der Waals surface area contributed by atoms with Crippen LogP contribution in [0.25, 0.3) is 11.3 Å². The van der Waals surface area contributed by atoms with E-state index < -0.39 is 0 Å². The Balaban J connectivity index is 1.83. The summed E-state index contributed by atoms with van der Waals surface area (Å²) in [4.78, 5) is 9.09. The number of anilines is 2. The van der Waals surface area contributed by atoms with Crippen LogP contribution in [0.2, 0.25) is 0 Å². The molecular formula is C16H14BrN3S. The number of benzene rings is 1. The van der Waals surface area contributed by atoms with Gasteiger partial charge < -0.3 is 5.32 Å². The van der Waals surface area contributed by atoms with Crippen LogP contribution in [0, 0.1) is 13.8 Å². The molecular weight excluding hydrogens is 346 g/mol. The van der Waals surface area contributed by atoms with Gasteiger partial charge in [-0.15, -0.1) is 11.3 Å². The van der Waals surface area contributed by atoms with Crippen LogP contribution in [0.4, 0.5) is 10.9 Å². The van der Waals surface area contributed by atoms with Gasteiger partial charge in [0, 0.05) is 21.1 Å². The summed E-state index contributed by atoms with van der Waals surface area (Å²) in [5.41, 5.74) is 4.27. The molecule has 0 radical (unpaired) electrons. The van der Waals surface area contributed by atoms with Gasteiger partial charge in [-0.3, -0.25) is 0 Å². The molecule has 2 heterocycles. The highest BCUT2D eigenvalue weighted by Crippen LogP contribution is 2.27. The first-order chi connectivity index (χ1) is 10.1. The lowest BCUT2D eigenvalue weighted by Crippen LogP contribution is -1.95. The fourth-order valence-electron chi connectivity index (χ4n) is 2.10. The van der Waals surface area contributed by atoms with Crippen LogP contribution >= 0.6 is 27.3 Å². The molecule has 1 N–H and O–H groups in total. The van der Waals surface area contributed by atoms with Crippen LogP contribution in [0.3, 0.4) is 0 Å². The zero-order valence-electron chi connectivity index (χ0n) is 11.7. The number of thiazole rings is 1. The van der Waals surface area contributed by atoms with Gasteiger partial charge in [0.25, 0.3) is 0 Å². The van der Waals surface area contributed by atoms with Crippen LogP contribution < -0.4 is 5.32 Å². The van der Waals surface area contributed by atoms with Gasteiger partial charge in [-0.1, -0.05) is 28.1 Å². The smallest absolute Gasteiger partial charge is 0.188 e. The van der Waals surface area contributed by atoms with Crippen molar-refractivity contribution in [3.63, 3.8) is 0 Å². The molecule has 3 aromatic rings. The van der Waals surface area contributed by atoms with Crippen molar-refractivity contribution < 1.29 is 0 Å². The van der Waals surface area contributed by atoms with Crippen molar-refractivity contribution in [1.29, 1.82) is 0 Å². The molecule has 0 unspecified atom stereocenters. The van der Waals surface area contributed by atoms with E-state index in [4.69, 9.17) is 0 Å². The number of nitrogens with one attached hydrogen (secondary N) is 1. The van der Waals surface area contributed by atoms with Gasteiger partial charge in [0.2, 0.25) is 0 Å². The Kier molecular flexibility index (Phi) is 4.03. The first-order valence-electron chi connectivity index (χ1n) is 6.54. The number of hydrogen-bond donors (Lipinski definition) is 1. The third-order valence-electron chi connectivity index (χ3n) is 2.98. The van der Waals surface area contributed by atoms with Crippen molar-refractivity contribution in [3.8, 4) is 11.3 Å². The first-order valence-corrected chi connectivity index (χ1v) is 8.21. The van der Waals surface area contributed by atoms with Crippen LogP contribution in [0.15, 0.2) is 46.3 Å². The highest BCUT2D eigenvalue weighted by Gasteiger charge is 2.06. The molecule has 3 nitrogen and oxygen atoms in total. The maximum atomic E-state index is 4.62. The molecule has 0 aliphatic rings. The van der Waals surface area contributed by atoms with Gasteiger partial charge >= 0.3 is 0 Å². The Morgan fingerprint density at radius 3 is 2.52 bits per heavy atom. The van der Waals surface area contributed by atoms with Gasteiger partial charge in [0.15, 0.2) is 5.13 Å². The van der Waals surface area contributed by atoms with Crippen LogP contribution in [-0.2, 0) is 0 Å². The minimum Gasteiger partial charge on any atom is -0.316 e. The lowest BCUT2D eigenvalue weighted by atomic mass is 10.2. The van der Waals surface area contributed by atoms with E-state index in [0.717, 1.165) is 32.4 Å². The molecule has 5 heteroatoms. The number of rotatable bonds is 3. The summed E-state index contributed by atoms with van der Waals surface area (Å²) in [7, 11) is 0. The fraction of sp³-hybridized carbons (Fsp3) is 0.125. The second kappa shape index (κ2) is 5.95. The summed E-state index contributed by atoms with van der Waals surface area (Å²) in [6.45, 7) is 4.06. The summed E-state index contributed by atoms with van der Waals surface area (Å²) in [6, 6.07) is 12.2. The molecule has 106 valence electrons. The molecule has 0 atom stereocenters. The summed E-state index contributed by atoms with van der Waals surface area (Å²) in [5, 5.41) is 6.18. The minimum absolute atomic E-state index is 0.837. The molecule has 1 aromatic carbocycles. The average Bonchev–Trinajstić information content (AvgIpc) is 2.87. The van der Waals surface area contributed by atoms with Gasteiger partial charge in [-0.25, -0.2) is 9.97 Å². The van der Waals surface area contributed by atoms with E-state index >= 15 is 0 Å². The molecule has 0 fully saturated rings. The SMILES string of the molecule is Cc1cc(C)nc(Nc2nc(-c3ccc(Br)cc3)cs2)c1. The third-order valence-corrected chi connectivity index (χ3v) is 4.26. The van der Waals surface area contributed by atoms with Crippen LogP contribution in [-0.4, -0.2) is 9.97 Å². The Morgan fingerprint density at radius 2 is 1.81 bits per heavy atom. The zero-order valence-corrected chi connectivity index (χ0v) is 14.1. The molecule has 3 rings (SSSR count). The largest absolute Gasteiger partial charge is 0.316 e. The van der Waals surface area contributed by atoms with Crippen molar-refractivity contribution in [3.05, 3.63) is 57.5 Å². The van der Waals surface area contributed by atoms with E-state index in [1.165, 1.54) is 5.56 Å². The van der Waals surface area contributed by atoms with Crippen LogP contribution in [0.1, 0.15) is 11.3 Å². The lowest BCUT2D eigenvalue weighted by molar-refractivity contribution is 1.17. The summed E-state index contributed by atoms with van der Waals surface area (Å²) < 4.78 is 1.07. The van der Waals surface area contributed by atoms with Crippen molar-refractivity contribution in [2.45, 2.75) is 13.8 Å². The topological polar surface area (TPSA) is 37.8 Å². The van der Waals surface area contributed by atoms with Gasteiger partial charge in [-0.2, -0.15) is 0 Å². The monoisotopic (exact) mass is 359 g/mol.